The number of hydrogen-bond acceptors (Lipinski definition) is 3. The lowest BCUT2D eigenvalue weighted by Crippen LogP contribution is -2.31. The van der Waals surface area contributed by atoms with Crippen LogP contribution in [0.4, 0.5) is 0 Å². The molecule has 3 heterocycles. The number of nitrogens with one attached hydrogen (secondary N) is 2. The Morgan fingerprint density at radius 1 is 1.32 bits per heavy atom. The molecule has 0 saturated carbocycles. The fourth-order valence-corrected chi connectivity index (χ4v) is 3.93. The van der Waals surface area contributed by atoms with Crippen molar-refractivity contribution in [1.82, 2.24) is 15.3 Å². The largest absolute Gasteiger partial charge is 0.376 e. The van der Waals surface area contributed by atoms with Gasteiger partial charge in [-0.2, -0.15) is 0 Å². The van der Waals surface area contributed by atoms with Gasteiger partial charge in [0.2, 0.25) is 5.91 Å². The molecule has 1 atom stereocenters. The second kappa shape index (κ2) is 8.76. The topological polar surface area (TPSA) is 67.0 Å². The molecule has 1 fully saturated rings. The number of nitrogens with zero attached hydrogens (tertiary/aromatic N) is 1. The molecule has 1 aliphatic rings. The average Bonchev–Trinajstić information content (AvgIpc) is 3.35. The minimum Gasteiger partial charge on any atom is -0.376 e. The molecule has 1 unspecified atom stereocenters. The van der Waals surface area contributed by atoms with Crippen LogP contribution in [0.5, 0.6) is 0 Å². The summed E-state index contributed by atoms with van der Waals surface area (Å²) in [5.41, 5.74) is 4.08. The molecule has 1 aromatic carbocycles. The van der Waals surface area contributed by atoms with E-state index >= 15 is 0 Å². The zero-order chi connectivity index (χ0) is 19.3. The molecule has 1 aliphatic heterocycles. The van der Waals surface area contributed by atoms with Gasteiger partial charge in [0.25, 0.3) is 0 Å². The Balaban J connectivity index is 1.46. The second-order valence-electron chi connectivity index (χ2n) is 7.18. The van der Waals surface area contributed by atoms with E-state index in [1.807, 2.05) is 36.4 Å². The molecule has 0 spiro atoms. The van der Waals surface area contributed by atoms with E-state index in [1.165, 1.54) is 0 Å². The van der Waals surface area contributed by atoms with Crippen LogP contribution in [0.15, 0.2) is 42.6 Å². The number of benzene rings is 1. The zero-order valence-corrected chi connectivity index (χ0v) is 16.5. The lowest BCUT2D eigenvalue weighted by atomic mass is 10.0. The van der Waals surface area contributed by atoms with Gasteiger partial charge in [-0.1, -0.05) is 17.7 Å². The van der Waals surface area contributed by atoms with Gasteiger partial charge in [0.15, 0.2) is 0 Å². The molecule has 28 heavy (non-hydrogen) atoms. The number of rotatable bonds is 7. The highest BCUT2D eigenvalue weighted by Gasteiger charge is 2.17. The summed E-state index contributed by atoms with van der Waals surface area (Å²) in [5, 5.41) is 4.79. The summed E-state index contributed by atoms with van der Waals surface area (Å²) in [6.45, 7) is 1.42. The third kappa shape index (κ3) is 4.37. The molecule has 3 aromatic rings. The van der Waals surface area contributed by atoms with E-state index in [2.05, 4.69) is 15.3 Å². The van der Waals surface area contributed by atoms with Gasteiger partial charge in [0.05, 0.1) is 17.5 Å². The van der Waals surface area contributed by atoms with E-state index in [4.69, 9.17) is 16.3 Å². The predicted molar refractivity (Wildman–Crippen MR) is 111 cm³/mol. The normalized spacial score (nSPS) is 16.5. The molecule has 146 valence electrons. The summed E-state index contributed by atoms with van der Waals surface area (Å²) in [4.78, 5) is 20.1. The molecule has 4 rings (SSSR count). The van der Waals surface area contributed by atoms with E-state index in [1.54, 1.807) is 6.20 Å². The summed E-state index contributed by atoms with van der Waals surface area (Å²) in [5.74, 6) is 0.0766. The van der Waals surface area contributed by atoms with E-state index < -0.39 is 0 Å². The number of aryl methyl sites for hydroxylation is 1. The first-order chi connectivity index (χ1) is 13.7. The van der Waals surface area contributed by atoms with Crippen molar-refractivity contribution in [1.29, 1.82) is 0 Å². The maximum Gasteiger partial charge on any atom is 0.220 e. The molecular weight excluding hydrogens is 374 g/mol. The van der Waals surface area contributed by atoms with Crippen molar-refractivity contribution < 1.29 is 9.53 Å². The second-order valence-corrected chi connectivity index (χ2v) is 7.61. The van der Waals surface area contributed by atoms with Crippen LogP contribution >= 0.6 is 11.6 Å². The van der Waals surface area contributed by atoms with Crippen LogP contribution < -0.4 is 5.32 Å². The summed E-state index contributed by atoms with van der Waals surface area (Å²) >= 11 is 6.23. The summed E-state index contributed by atoms with van der Waals surface area (Å²) < 4.78 is 5.55. The van der Waals surface area contributed by atoms with Crippen molar-refractivity contribution in [3.05, 3.63) is 53.2 Å². The van der Waals surface area contributed by atoms with Gasteiger partial charge in [-0.3, -0.25) is 9.78 Å². The molecule has 2 N–H and O–H groups in total. The Labute approximate surface area is 169 Å². The number of fused-ring (bicyclic) bond motifs is 1. The maximum atomic E-state index is 12.2. The van der Waals surface area contributed by atoms with Crippen molar-refractivity contribution >= 4 is 28.4 Å². The minimum absolute atomic E-state index is 0.0766. The van der Waals surface area contributed by atoms with Crippen LogP contribution in [0.3, 0.4) is 0 Å². The predicted octanol–water partition coefficient (Wildman–Crippen LogP) is 4.50. The van der Waals surface area contributed by atoms with Crippen LogP contribution in [0.25, 0.3) is 22.3 Å². The first kappa shape index (κ1) is 19.0. The highest BCUT2D eigenvalue weighted by Crippen LogP contribution is 2.32. The monoisotopic (exact) mass is 397 g/mol. The van der Waals surface area contributed by atoms with Crippen LogP contribution in [-0.4, -0.2) is 35.1 Å². The van der Waals surface area contributed by atoms with Gasteiger partial charge in [-0.25, -0.2) is 0 Å². The Morgan fingerprint density at radius 3 is 3.04 bits per heavy atom. The molecule has 0 aliphatic carbocycles. The first-order valence-electron chi connectivity index (χ1n) is 9.80. The van der Waals surface area contributed by atoms with Crippen LogP contribution in [-0.2, 0) is 16.0 Å². The van der Waals surface area contributed by atoms with Crippen molar-refractivity contribution in [3.63, 3.8) is 0 Å². The van der Waals surface area contributed by atoms with E-state index in [9.17, 15) is 4.79 Å². The van der Waals surface area contributed by atoms with Gasteiger partial charge in [-0.15, -0.1) is 0 Å². The first-order valence-corrected chi connectivity index (χ1v) is 10.2. The number of halogens is 1. The third-order valence-electron chi connectivity index (χ3n) is 5.17. The van der Waals surface area contributed by atoms with Crippen LogP contribution in [0.1, 0.15) is 31.2 Å². The number of pyridine rings is 1. The number of hydrogen-bond donors (Lipinski definition) is 2. The fraction of sp³-hybridized carbons (Fsp3) is 0.364. The van der Waals surface area contributed by atoms with Crippen LogP contribution in [0, 0.1) is 0 Å². The smallest absolute Gasteiger partial charge is 0.220 e. The molecular formula is C22H24ClN3O2. The lowest BCUT2D eigenvalue weighted by molar-refractivity contribution is -0.121. The average molecular weight is 398 g/mol. The summed E-state index contributed by atoms with van der Waals surface area (Å²) in [7, 11) is 0. The Hall–Kier alpha value is -2.37. The Kier molecular flexibility index (Phi) is 5.93. The molecule has 1 saturated heterocycles. The number of carbonyl (C=O) groups is 1. The molecule has 0 bridgehead atoms. The Morgan fingerprint density at radius 2 is 2.25 bits per heavy atom. The quantitative estimate of drug-likeness (QED) is 0.616. The number of H-pyrrole nitrogens is 1. The number of ether oxygens (including phenoxy) is 1. The van der Waals surface area contributed by atoms with Gasteiger partial charge in [-0.05, 0) is 61.6 Å². The van der Waals surface area contributed by atoms with Crippen LogP contribution in [0.2, 0.25) is 5.02 Å². The van der Waals surface area contributed by atoms with Gasteiger partial charge < -0.3 is 15.0 Å². The third-order valence-corrected chi connectivity index (χ3v) is 5.41. The van der Waals surface area contributed by atoms with Gasteiger partial charge in [0.1, 0.15) is 0 Å². The SMILES string of the molecule is O=C(CCCc1c(-c2ccccn2)[nH]c2ccc(Cl)cc12)NCC1CCCO1. The molecule has 6 heteroatoms. The number of aromatic amines is 1. The highest BCUT2D eigenvalue weighted by atomic mass is 35.5. The minimum atomic E-state index is 0.0766. The Bertz CT molecular complexity index is 949. The zero-order valence-electron chi connectivity index (χ0n) is 15.7. The molecule has 2 aromatic heterocycles. The van der Waals surface area contributed by atoms with Gasteiger partial charge >= 0.3 is 0 Å². The summed E-state index contributed by atoms with van der Waals surface area (Å²) in [6, 6.07) is 11.7. The fourth-order valence-electron chi connectivity index (χ4n) is 3.76. The molecule has 1 amide bonds. The molecule has 5 nitrogen and oxygen atoms in total. The summed E-state index contributed by atoms with van der Waals surface area (Å²) in [6.07, 6.45) is 6.10. The number of amides is 1. The number of carbonyl (C=O) groups excluding carboxylic acids is 1. The van der Waals surface area contributed by atoms with Crippen molar-refractivity contribution in [2.45, 2.75) is 38.2 Å². The highest BCUT2D eigenvalue weighted by molar-refractivity contribution is 6.31. The van der Waals surface area contributed by atoms with Crippen molar-refractivity contribution in [3.8, 4) is 11.4 Å². The van der Waals surface area contributed by atoms with Crippen molar-refractivity contribution in [2.24, 2.45) is 0 Å². The van der Waals surface area contributed by atoms with E-state index in [0.29, 0.717) is 18.0 Å². The van der Waals surface area contributed by atoms with E-state index in [-0.39, 0.29) is 12.0 Å². The van der Waals surface area contributed by atoms with E-state index in [0.717, 1.165) is 60.1 Å². The number of aromatic nitrogens is 2. The standard InChI is InChI=1S/C22H24ClN3O2/c23-15-9-10-19-18(13-15)17(22(26-19)20-7-1-2-11-24-20)6-3-8-21(27)25-14-16-5-4-12-28-16/h1-2,7,9-11,13,16,26H,3-6,8,12,14H2,(H,25,27). The van der Waals surface area contributed by atoms with Gasteiger partial charge in [0, 0.05) is 41.7 Å². The lowest BCUT2D eigenvalue weighted by Gasteiger charge is -2.11. The molecule has 0 radical (unpaired) electrons. The maximum absolute atomic E-state index is 12.2. The van der Waals surface area contributed by atoms with Crippen molar-refractivity contribution in [2.75, 3.05) is 13.2 Å².